The van der Waals surface area contributed by atoms with E-state index in [1.165, 1.54) is 21.7 Å². The van der Waals surface area contributed by atoms with Crippen LogP contribution in [0.2, 0.25) is 0 Å². The fourth-order valence-electron chi connectivity index (χ4n) is 4.19. The van der Waals surface area contributed by atoms with E-state index in [4.69, 9.17) is 0 Å². The van der Waals surface area contributed by atoms with Crippen LogP contribution in [-0.2, 0) is 29.4 Å². The fourth-order valence-corrected chi connectivity index (χ4v) is 5.19. The van der Waals surface area contributed by atoms with Gasteiger partial charge in [-0.25, -0.2) is 8.42 Å². The summed E-state index contributed by atoms with van der Waals surface area (Å²) in [6, 6.07) is 14.2. The Morgan fingerprint density at radius 3 is 2.59 bits per heavy atom. The molecule has 0 aliphatic carbocycles. The van der Waals surface area contributed by atoms with Crippen LogP contribution in [0, 0.1) is 0 Å². The van der Waals surface area contributed by atoms with Gasteiger partial charge in [0, 0.05) is 26.2 Å². The molecule has 2 aromatic carbocycles. The van der Waals surface area contributed by atoms with Crippen molar-refractivity contribution in [2.24, 2.45) is 0 Å². The van der Waals surface area contributed by atoms with E-state index in [0.29, 0.717) is 13.1 Å². The Labute approximate surface area is 161 Å². The van der Waals surface area contributed by atoms with Crippen LogP contribution in [0.3, 0.4) is 0 Å². The minimum Gasteiger partial charge on any atom is -0.387 e. The molecule has 2 aliphatic heterocycles. The first-order valence-electron chi connectivity index (χ1n) is 9.49. The van der Waals surface area contributed by atoms with E-state index >= 15 is 0 Å². The fraction of sp³-hybridized carbons (Fsp3) is 0.429. The number of aryl methyl sites for hydroxylation is 1. The number of rotatable bonds is 4. The van der Waals surface area contributed by atoms with E-state index in [1.54, 1.807) is 0 Å². The topological polar surface area (TPSA) is 60.9 Å². The summed E-state index contributed by atoms with van der Waals surface area (Å²) < 4.78 is 25.5. The number of hydrogen-bond acceptors (Lipinski definition) is 4. The molecule has 144 valence electrons. The van der Waals surface area contributed by atoms with Gasteiger partial charge in [-0.05, 0) is 47.6 Å². The molecule has 5 nitrogen and oxygen atoms in total. The minimum absolute atomic E-state index is 0.529. The molecule has 0 bridgehead atoms. The monoisotopic (exact) mass is 386 g/mol. The summed E-state index contributed by atoms with van der Waals surface area (Å²) in [6.45, 7) is 2.92. The molecule has 0 amide bonds. The number of nitrogens with zero attached hydrogens (tertiary/aromatic N) is 2. The molecule has 0 fully saturated rings. The minimum atomic E-state index is -3.26. The zero-order chi connectivity index (χ0) is 19.0. The predicted molar refractivity (Wildman–Crippen MR) is 107 cm³/mol. The average Bonchev–Trinajstić information content (AvgIpc) is 2.66. The number of anilines is 1. The summed E-state index contributed by atoms with van der Waals surface area (Å²) in [5, 5.41) is 10.8. The maximum atomic E-state index is 12.0. The Hall–Kier alpha value is -1.89. The van der Waals surface area contributed by atoms with Gasteiger partial charge in [0.2, 0.25) is 10.0 Å². The number of sulfonamides is 1. The summed E-state index contributed by atoms with van der Waals surface area (Å²) in [7, 11) is -3.26. The molecule has 0 saturated heterocycles. The zero-order valence-corrected chi connectivity index (χ0v) is 16.5. The highest BCUT2D eigenvalue weighted by molar-refractivity contribution is 7.92. The van der Waals surface area contributed by atoms with E-state index in [0.717, 1.165) is 49.2 Å². The van der Waals surface area contributed by atoms with Crippen molar-refractivity contribution in [3.63, 3.8) is 0 Å². The highest BCUT2D eigenvalue weighted by Crippen LogP contribution is 2.32. The lowest BCUT2D eigenvalue weighted by Gasteiger charge is -2.32. The van der Waals surface area contributed by atoms with Crippen LogP contribution in [0.1, 0.15) is 34.8 Å². The maximum absolute atomic E-state index is 12.0. The van der Waals surface area contributed by atoms with Gasteiger partial charge in [-0.15, -0.1) is 0 Å². The van der Waals surface area contributed by atoms with Crippen molar-refractivity contribution in [2.45, 2.75) is 31.9 Å². The van der Waals surface area contributed by atoms with Crippen LogP contribution in [0.4, 0.5) is 5.69 Å². The van der Waals surface area contributed by atoms with Gasteiger partial charge in [-0.3, -0.25) is 9.21 Å². The smallest absolute Gasteiger partial charge is 0.232 e. The van der Waals surface area contributed by atoms with Crippen molar-refractivity contribution >= 4 is 15.7 Å². The van der Waals surface area contributed by atoms with Gasteiger partial charge in [-0.1, -0.05) is 36.4 Å². The molecule has 1 atom stereocenters. The third-order valence-electron chi connectivity index (χ3n) is 5.61. The van der Waals surface area contributed by atoms with Crippen molar-refractivity contribution in [3.8, 4) is 0 Å². The van der Waals surface area contributed by atoms with Crippen molar-refractivity contribution in [1.29, 1.82) is 0 Å². The van der Waals surface area contributed by atoms with Gasteiger partial charge in [0.25, 0.3) is 0 Å². The van der Waals surface area contributed by atoms with E-state index in [2.05, 4.69) is 29.2 Å². The Bertz CT molecular complexity index is 942. The molecule has 4 rings (SSSR count). The van der Waals surface area contributed by atoms with Crippen LogP contribution >= 0.6 is 0 Å². The molecular formula is C21H26N2O3S. The first-order valence-corrected chi connectivity index (χ1v) is 11.3. The van der Waals surface area contributed by atoms with Crippen LogP contribution in [-0.4, -0.2) is 44.3 Å². The Kier molecular flexibility index (Phi) is 4.97. The summed E-state index contributed by atoms with van der Waals surface area (Å²) >= 11 is 0. The van der Waals surface area contributed by atoms with Gasteiger partial charge in [0.15, 0.2) is 0 Å². The second-order valence-corrected chi connectivity index (χ2v) is 9.50. The quantitative estimate of drug-likeness (QED) is 0.877. The lowest BCUT2D eigenvalue weighted by molar-refractivity contribution is 0.106. The number of hydrogen-bond donors (Lipinski definition) is 1. The van der Waals surface area contributed by atoms with Crippen molar-refractivity contribution < 1.29 is 13.5 Å². The molecular weight excluding hydrogens is 360 g/mol. The number of benzene rings is 2. The van der Waals surface area contributed by atoms with Gasteiger partial charge >= 0.3 is 0 Å². The summed E-state index contributed by atoms with van der Waals surface area (Å²) in [5.41, 5.74) is 5.37. The molecule has 2 heterocycles. The first-order chi connectivity index (χ1) is 12.9. The van der Waals surface area contributed by atoms with Gasteiger partial charge in [-0.2, -0.15) is 0 Å². The molecule has 0 saturated carbocycles. The zero-order valence-electron chi connectivity index (χ0n) is 15.6. The van der Waals surface area contributed by atoms with Gasteiger partial charge < -0.3 is 5.11 Å². The number of aliphatic hydroxyl groups is 1. The molecule has 2 aliphatic rings. The summed E-state index contributed by atoms with van der Waals surface area (Å²) in [6.07, 6.45) is 3.34. The Morgan fingerprint density at radius 2 is 1.81 bits per heavy atom. The lowest BCUT2D eigenvalue weighted by atomic mass is 9.97. The molecule has 0 aromatic heterocycles. The van der Waals surface area contributed by atoms with Crippen LogP contribution in [0.5, 0.6) is 0 Å². The molecule has 2 aromatic rings. The molecule has 1 N–H and O–H groups in total. The third-order valence-corrected chi connectivity index (χ3v) is 6.79. The highest BCUT2D eigenvalue weighted by Gasteiger charge is 2.25. The highest BCUT2D eigenvalue weighted by atomic mass is 32.2. The molecule has 0 unspecified atom stereocenters. The Balaban J connectivity index is 1.49. The second-order valence-electron chi connectivity index (χ2n) is 7.60. The average molecular weight is 387 g/mol. The second kappa shape index (κ2) is 7.26. The summed E-state index contributed by atoms with van der Waals surface area (Å²) in [4.78, 5) is 2.29. The predicted octanol–water partition coefficient (Wildman–Crippen LogP) is 2.49. The van der Waals surface area contributed by atoms with Gasteiger partial charge in [0.05, 0.1) is 18.0 Å². The number of β-amino-alcohol motifs (C(OH)–C–C–N with tert-alkyl or cyclic N) is 1. The van der Waals surface area contributed by atoms with E-state index < -0.39 is 16.1 Å². The lowest BCUT2D eigenvalue weighted by Crippen LogP contribution is -2.35. The van der Waals surface area contributed by atoms with E-state index in [9.17, 15) is 13.5 Å². The standard InChI is InChI=1S/C21H26N2O3S/c1-27(25,26)23-11-4-7-17-13-18(8-9-20(17)23)21(24)15-22-12-10-16-5-2-3-6-19(16)14-22/h2-3,5-6,8-9,13,21,24H,4,7,10-12,14-15H2,1H3/t21-/m0/s1. The maximum Gasteiger partial charge on any atom is 0.232 e. The number of aliphatic hydroxyl groups excluding tert-OH is 1. The van der Waals surface area contributed by atoms with Crippen molar-refractivity contribution in [2.75, 3.05) is 30.2 Å². The summed E-state index contributed by atoms with van der Waals surface area (Å²) in [5.74, 6) is 0. The largest absolute Gasteiger partial charge is 0.387 e. The van der Waals surface area contributed by atoms with Gasteiger partial charge in [0.1, 0.15) is 0 Å². The van der Waals surface area contributed by atoms with Crippen LogP contribution < -0.4 is 4.31 Å². The molecule has 0 spiro atoms. The molecule has 0 radical (unpaired) electrons. The SMILES string of the molecule is CS(=O)(=O)N1CCCc2cc([C@@H](O)CN3CCc4ccccc4C3)ccc21. The normalized spacial score (nSPS) is 18.7. The van der Waals surface area contributed by atoms with Crippen LogP contribution in [0.25, 0.3) is 0 Å². The third kappa shape index (κ3) is 3.88. The van der Waals surface area contributed by atoms with Crippen LogP contribution in [0.15, 0.2) is 42.5 Å². The first kappa shape index (κ1) is 18.5. The number of fused-ring (bicyclic) bond motifs is 2. The molecule has 27 heavy (non-hydrogen) atoms. The van der Waals surface area contributed by atoms with Crippen molar-refractivity contribution in [3.05, 3.63) is 64.7 Å². The molecule has 6 heteroatoms. The van der Waals surface area contributed by atoms with E-state index in [-0.39, 0.29) is 0 Å². The van der Waals surface area contributed by atoms with Crippen molar-refractivity contribution in [1.82, 2.24) is 4.90 Å². The van der Waals surface area contributed by atoms with E-state index in [1.807, 2.05) is 18.2 Å². The Morgan fingerprint density at radius 1 is 1.04 bits per heavy atom.